The molecule has 47 heavy (non-hydrogen) atoms. The number of rotatable bonds is 9. The quantitative estimate of drug-likeness (QED) is 0.186. The summed E-state index contributed by atoms with van der Waals surface area (Å²) in [4.78, 5) is 68.1. The highest BCUT2D eigenvalue weighted by molar-refractivity contribution is 8.00. The minimum atomic E-state index is -0.873. The summed E-state index contributed by atoms with van der Waals surface area (Å²) in [5.74, 6) is -2.43. The highest BCUT2D eigenvalue weighted by Gasteiger charge is 2.57. The van der Waals surface area contributed by atoms with E-state index in [9.17, 15) is 24.0 Å². The van der Waals surface area contributed by atoms with E-state index in [1.54, 1.807) is 61.5 Å². The molecular weight excluding hydrogens is 666 g/mol. The van der Waals surface area contributed by atoms with Gasteiger partial charge in [-0.2, -0.15) is 0 Å². The number of nitrogens with one attached hydrogen (secondary N) is 1. The minimum Gasteiger partial charge on any atom is -0.493 e. The molecular formula is C33H28ClN3O8S2. The number of benzene rings is 3. The standard InChI is InChI=1S/C33H28ClN3O8S2/c1-4-45-32(41)17-5-10-20(11-6-17)35-24(38)16-36-31-28(47-33(36)42)25(18-7-14-22(43-2)23(15-18)44-3)26-27(46-31)30(40)37(29(26)39)21-12-8-19(34)9-13-21/h5-15,25-27H,4,16H2,1-3H3,(H,35,38)/t25-,26-,27+/m0/s1. The van der Waals surface area contributed by atoms with E-state index in [0.29, 0.717) is 48.9 Å². The predicted octanol–water partition coefficient (Wildman–Crippen LogP) is 5.19. The van der Waals surface area contributed by atoms with Crippen molar-refractivity contribution in [2.75, 3.05) is 31.0 Å². The number of ether oxygens (including phenoxy) is 3. The topological polar surface area (TPSA) is 133 Å². The molecule has 0 unspecified atom stereocenters. The molecule has 1 saturated heterocycles. The normalized spacial score (nSPS) is 18.4. The van der Waals surface area contributed by atoms with Gasteiger partial charge in [0.15, 0.2) is 11.5 Å². The number of carbonyl (C=O) groups excluding carboxylic acids is 4. The Balaban J connectivity index is 1.37. The maximum Gasteiger partial charge on any atom is 0.338 e. The molecule has 0 spiro atoms. The van der Waals surface area contributed by atoms with Crippen LogP contribution in [-0.2, 0) is 25.7 Å². The van der Waals surface area contributed by atoms with Gasteiger partial charge in [0.05, 0.1) is 43.0 Å². The molecule has 3 amide bonds. The zero-order valence-electron chi connectivity index (χ0n) is 25.4. The molecule has 4 aromatic rings. The lowest BCUT2D eigenvalue weighted by Gasteiger charge is -2.31. The Morgan fingerprint density at radius 1 is 0.915 bits per heavy atom. The lowest BCUT2D eigenvalue weighted by atomic mass is 9.83. The molecule has 14 heteroatoms. The first kappa shape index (κ1) is 32.4. The smallest absolute Gasteiger partial charge is 0.338 e. The fourth-order valence-electron chi connectivity index (χ4n) is 5.75. The lowest BCUT2D eigenvalue weighted by molar-refractivity contribution is -0.122. The predicted molar refractivity (Wildman–Crippen MR) is 178 cm³/mol. The third kappa shape index (κ3) is 6.01. The van der Waals surface area contributed by atoms with Crippen LogP contribution < -0.4 is 24.6 Å². The molecule has 11 nitrogen and oxygen atoms in total. The highest BCUT2D eigenvalue weighted by atomic mass is 35.5. The van der Waals surface area contributed by atoms with Gasteiger partial charge in [-0.1, -0.05) is 40.8 Å². The molecule has 6 rings (SSSR count). The lowest BCUT2D eigenvalue weighted by Crippen LogP contribution is -2.33. The van der Waals surface area contributed by atoms with Crippen LogP contribution in [0.4, 0.5) is 11.4 Å². The molecule has 3 atom stereocenters. The fourth-order valence-corrected chi connectivity index (χ4v) is 8.65. The summed E-state index contributed by atoms with van der Waals surface area (Å²) in [6, 6.07) is 17.9. The van der Waals surface area contributed by atoms with Crippen molar-refractivity contribution in [1.82, 2.24) is 4.57 Å². The Labute approximate surface area is 282 Å². The largest absolute Gasteiger partial charge is 0.493 e. The fraction of sp³-hybridized carbons (Fsp3) is 0.242. The molecule has 0 aliphatic carbocycles. The summed E-state index contributed by atoms with van der Waals surface area (Å²) >= 11 is 8.12. The third-order valence-electron chi connectivity index (χ3n) is 7.88. The van der Waals surface area contributed by atoms with Crippen LogP contribution >= 0.6 is 34.7 Å². The minimum absolute atomic E-state index is 0.239. The number of carbonyl (C=O) groups is 4. The van der Waals surface area contributed by atoms with Gasteiger partial charge in [0.2, 0.25) is 17.7 Å². The maximum atomic E-state index is 14.1. The van der Waals surface area contributed by atoms with Gasteiger partial charge in [-0.15, -0.1) is 0 Å². The second-order valence-electron chi connectivity index (χ2n) is 10.6. The maximum absolute atomic E-state index is 14.1. The number of hydrogen-bond acceptors (Lipinski definition) is 10. The molecule has 1 aromatic heterocycles. The number of hydrogen-bond donors (Lipinski definition) is 1. The number of esters is 1. The first-order valence-corrected chi connectivity index (χ1v) is 16.5. The van der Waals surface area contributed by atoms with Gasteiger partial charge in [0.25, 0.3) is 0 Å². The third-order valence-corrected chi connectivity index (χ3v) is 10.7. The second kappa shape index (κ2) is 13.3. The van der Waals surface area contributed by atoms with E-state index in [0.717, 1.165) is 28.0 Å². The number of anilines is 2. The summed E-state index contributed by atoms with van der Waals surface area (Å²) in [5, 5.41) is 2.78. The molecule has 242 valence electrons. The molecule has 0 radical (unpaired) electrons. The van der Waals surface area contributed by atoms with Crippen molar-refractivity contribution >= 4 is 69.8 Å². The number of amides is 3. The van der Waals surface area contributed by atoms with E-state index < -0.39 is 45.6 Å². The van der Waals surface area contributed by atoms with Gasteiger partial charge in [-0.3, -0.25) is 23.7 Å². The zero-order chi connectivity index (χ0) is 33.4. The number of thiazole rings is 1. The monoisotopic (exact) mass is 693 g/mol. The van der Waals surface area contributed by atoms with E-state index in [4.69, 9.17) is 25.8 Å². The molecule has 2 aliphatic heterocycles. The first-order chi connectivity index (χ1) is 22.6. The number of imide groups is 1. The molecule has 0 saturated carbocycles. The summed E-state index contributed by atoms with van der Waals surface area (Å²) in [7, 11) is 3.01. The number of methoxy groups -OCH3 is 2. The van der Waals surface area contributed by atoms with Crippen LogP contribution in [0.25, 0.3) is 0 Å². The van der Waals surface area contributed by atoms with E-state index in [1.165, 1.54) is 30.9 Å². The van der Waals surface area contributed by atoms with E-state index in [2.05, 4.69) is 5.32 Å². The van der Waals surface area contributed by atoms with Crippen molar-refractivity contribution < 1.29 is 33.4 Å². The van der Waals surface area contributed by atoms with E-state index in [1.807, 2.05) is 0 Å². The average molecular weight is 694 g/mol. The Morgan fingerprint density at radius 2 is 1.62 bits per heavy atom. The van der Waals surface area contributed by atoms with E-state index in [-0.39, 0.29) is 13.2 Å². The molecule has 0 bridgehead atoms. The summed E-state index contributed by atoms with van der Waals surface area (Å²) in [6.45, 7) is 1.61. The molecule has 3 aromatic carbocycles. The van der Waals surface area contributed by atoms with Crippen LogP contribution in [0.1, 0.15) is 33.6 Å². The first-order valence-electron chi connectivity index (χ1n) is 14.5. The number of thioether (sulfide) groups is 1. The van der Waals surface area contributed by atoms with Crippen molar-refractivity contribution in [3.63, 3.8) is 0 Å². The van der Waals surface area contributed by atoms with Gasteiger partial charge in [0, 0.05) is 21.5 Å². The van der Waals surface area contributed by atoms with Crippen molar-refractivity contribution in [2.24, 2.45) is 5.92 Å². The number of halogens is 1. The number of aromatic nitrogens is 1. The highest BCUT2D eigenvalue weighted by Crippen LogP contribution is 2.54. The zero-order valence-corrected chi connectivity index (χ0v) is 27.7. The Hall–Kier alpha value is -4.59. The van der Waals surface area contributed by atoms with E-state index >= 15 is 0 Å². The summed E-state index contributed by atoms with van der Waals surface area (Å²) in [5.41, 5.74) is 1.80. The Morgan fingerprint density at radius 3 is 2.28 bits per heavy atom. The molecule has 3 heterocycles. The van der Waals surface area contributed by atoms with Crippen LogP contribution in [0, 0.1) is 5.92 Å². The van der Waals surface area contributed by atoms with Crippen molar-refractivity contribution in [2.45, 2.75) is 29.7 Å². The molecule has 1 fully saturated rings. The average Bonchev–Trinajstić information content (AvgIpc) is 3.51. The van der Waals surface area contributed by atoms with Gasteiger partial charge >= 0.3 is 10.8 Å². The van der Waals surface area contributed by atoms with Crippen molar-refractivity contribution in [3.05, 3.63) is 97.4 Å². The van der Waals surface area contributed by atoms with Gasteiger partial charge in [0.1, 0.15) is 11.8 Å². The van der Waals surface area contributed by atoms with Crippen LogP contribution in [0.3, 0.4) is 0 Å². The summed E-state index contributed by atoms with van der Waals surface area (Å²) in [6.07, 6.45) is 0. The van der Waals surface area contributed by atoms with Crippen LogP contribution in [-0.4, -0.2) is 54.3 Å². The molecule has 1 N–H and O–H groups in total. The van der Waals surface area contributed by atoms with Crippen LogP contribution in [0.5, 0.6) is 11.5 Å². The van der Waals surface area contributed by atoms with Gasteiger partial charge < -0.3 is 19.5 Å². The SMILES string of the molecule is CCOC(=O)c1ccc(NC(=O)Cn2c3c(sc2=O)[C@@H](c2ccc(OC)c(OC)c2)[C@@H]2C(=O)N(c4ccc(Cl)cc4)C(=O)[C@@H]2S3)cc1. The number of nitrogens with zero attached hydrogens (tertiary/aromatic N) is 2. The summed E-state index contributed by atoms with van der Waals surface area (Å²) < 4.78 is 17.3. The van der Waals surface area contributed by atoms with Crippen LogP contribution in [0.2, 0.25) is 5.02 Å². The Bertz CT molecular complexity index is 1940. The Kier molecular flexibility index (Phi) is 9.13. The second-order valence-corrected chi connectivity index (χ2v) is 13.2. The van der Waals surface area contributed by atoms with Gasteiger partial charge in [-0.25, -0.2) is 9.69 Å². The van der Waals surface area contributed by atoms with Crippen molar-refractivity contribution in [1.29, 1.82) is 0 Å². The van der Waals surface area contributed by atoms with Crippen molar-refractivity contribution in [3.8, 4) is 11.5 Å². The number of fused-ring (bicyclic) bond motifs is 2. The van der Waals surface area contributed by atoms with Crippen LogP contribution in [0.15, 0.2) is 76.6 Å². The van der Waals surface area contributed by atoms with Gasteiger partial charge in [-0.05, 0) is 73.2 Å². The molecule has 2 aliphatic rings.